The second-order valence-corrected chi connectivity index (χ2v) is 8.57. The number of halogens is 2. The van der Waals surface area contributed by atoms with Gasteiger partial charge in [-0.25, -0.2) is 18.7 Å². The lowest BCUT2D eigenvalue weighted by molar-refractivity contribution is -0.125. The number of nitrogens with zero attached hydrogens (tertiary/aromatic N) is 4. The number of hydrogen-bond acceptors (Lipinski definition) is 7. The number of aliphatic hydroxyl groups is 1. The number of aliphatic imine (C=N–C) groups is 1. The van der Waals surface area contributed by atoms with Crippen molar-refractivity contribution in [3.63, 3.8) is 0 Å². The molecule has 0 aliphatic carbocycles. The molecule has 1 aromatic carbocycles. The van der Waals surface area contributed by atoms with E-state index >= 15 is 0 Å². The number of amides is 1. The zero-order chi connectivity index (χ0) is 23.8. The number of aromatic nitrogens is 2. The Balaban J connectivity index is 1.47. The first-order chi connectivity index (χ1) is 16.5. The second-order valence-electron chi connectivity index (χ2n) is 8.57. The van der Waals surface area contributed by atoms with Gasteiger partial charge in [-0.05, 0) is 30.2 Å². The third kappa shape index (κ3) is 4.02. The molecule has 0 unspecified atom stereocenters. The SMILES string of the molecule is C#Cc1ccc(F)cc1[C@H]1C[C@H](F)CN1C(=O)C1=NCc2ncnc(N[C@@H]3CCOC[C@H]3O)c21. The molecular weight excluding hydrogens is 444 g/mol. The number of nitrogens with one attached hydrogen (secondary N) is 1. The van der Waals surface area contributed by atoms with Crippen molar-refractivity contribution in [1.29, 1.82) is 0 Å². The maximum atomic E-state index is 14.6. The molecule has 2 aromatic rings. The van der Waals surface area contributed by atoms with Crippen molar-refractivity contribution >= 4 is 17.4 Å². The maximum absolute atomic E-state index is 14.6. The van der Waals surface area contributed by atoms with Gasteiger partial charge in [0.2, 0.25) is 0 Å². The Morgan fingerprint density at radius 2 is 2.21 bits per heavy atom. The van der Waals surface area contributed by atoms with Crippen LogP contribution in [0.5, 0.6) is 0 Å². The minimum Gasteiger partial charge on any atom is -0.389 e. The van der Waals surface area contributed by atoms with Crippen LogP contribution in [0.15, 0.2) is 29.5 Å². The molecule has 3 aliphatic heterocycles. The molecule has 34 heavy (non-hydrogen) atoms. The fraction of sp³-hybridized carbons (Fsp3) is 0.417. The van der Waals surface area contributed by atoms with E-state index in [9.17, 15) is 18.7 Å². The molecule has 0 bridgehead atoms. The highest BCUT2D eigenvalue weighted by molar-refractivity contribution is 6.47. The summed E-state index contributed by atoms with van der Waals surface area (Å²) >= 11 is 0. The first kappa shape index (κ1) is 22.4. The highest BCUT2D eigenvalue weighted by Gasteiger charge is 2.41. The lowest BCUT2D eigenvalue weighted by atomic mass is 9.97. The normalized spacial score (nSPS) is 26.1. The average Bonchev–Trinajstić information content (AvgIpc) is 3.44. The van der Waals surface area contributed by atoms with E-state index in [1.54, 1.807) is 0 Å². The van der Waals surface area contributed by atoms with Gasteiger partial charge >= 0.3 is 0 Å². The molecule has 4 heterocycles. The summed E-state index contributed by atoms with van der Waals surface area (Å²) in [4.78, 5) is 28.0. The molecule has 3 aliphatic rings. The smallest absolute Gasteiger partial charge is 0.273 e. The van der Waals surface area contributed by atoms with Gasteiger partial charge in [0.15, 0.2) is 0 Å². The van der Waals surface area contributed by atoms with Gasteiger partial charge in [-0.1, -0.05) is 5.92 Å². The first-order valence-corrected chi connectivity index (χ1v) is 11.1. The van der Waals surface area contributed by atoms with E-state index < -0.39 is 30.0 Å². The highest BCUT2D eigenvalue weighted by atomic mass is 19.1. The number of anilines is 1. The van der Waals surface area contributed by atoms with Crippen molar-refractivity contribution in [2.75, 3.05) is 25.1 Å². The first-order valence-electron chi connectivity index (χ1n) is 11.1. The molecule has 2 saturated heterocycles. The van der Waals surface area contributed by atoms with Crippen LogP contribution in [0.25, 0.3) is 0 Å². The van der Waals surface area contributed by atoms with E-state index in [1.807, 2.05) is 0 Å². The fourth-order valence-corrected chi connectivity index (χ4v) is 4.76. The quantitative estimate of drug-likeness (QED) is 0.665. The molecule has 0 spiro atoms. The van der Waals surface area contributed by atoms with Gasteiger partial charge in [0, 0.05) is 18.6 Å². The van der Waals surface area contributed by atoms with E-state index in [2.05, 4.69) is 26.2 Å². The topological polar surface area (TPSA) is 99.9 Å². The number of terminal acetylenes is 1. The number of fused-ring (bicyclic) bond motifs is 1. The average molecular weight is 467 g/mol. The van der Waals surface area contributed by atoms with Crippen LogP contribution in [-0.2, 0) is 16.1 Å². The van der Waals surface area contributed by atoms with Gasteiger partial charge in [-0.3, -0.25) is 9.79 Å². The molecule has 2 N–H and O–H groups in total. The third-order valence-electron chi connectivity index (χ3n) is 6.44. The Morgan fingerprint density at radius 3 is 3.00 bits per heavy atom. The number of likely N-dealkylation sites (tertiary alicyclic amines) is 1. The largest absolute Gasteiger partial charge is 0.389 e. The number of rotatable bonds is 4. The number of benzene rings is 1. The second kappa shape index (κ2) is 9.08. The van der Waals surface area contributed by atoms with Crippen molar-refractivity contribution in [3.8, 4) is 12.3 Å². The number of carbonyl (C=O) groups excluding carboxylic acids is 1. The van der Waals surface area contributed by atoms with Gasteiger partial charge in [-0.15, -0.1) is 6.42 Å². The summed E-state index contributed by atoms with van der Waals surface area (Å²) in [6.45, 7) is 0.703. The van der Waals surface area contributed by atoms with Crippen LogP contribution in [0.2, 0.25) is 0 Å². The Morgan fingerprint density at radius 1 is 1.35 bits per heavy atom. The molecule has 2 fully saturated rings. The van der Waals surface area contributed by atoms with Crippen molar-refractivity contribution < 1.29 is 23.4 Å². The summed E-state index contributed by atoms with van der Waals surface area (Å²) in [7, 11) is 0. The summed E-state index contributed by atoms with van der Waals surface area (Å²) in [5, 5.41) is 13.5. The van der Waals surface area contributed by atoms with Crippen LogP contribution in [0.3, 0.4) is 0 Å². The highest BCUT2D eigenvalue weighted by Crippen LogP contribution is 2.37. The minimum atomic E-state index is -1.29. The monoisotopic (exact) mass is 467 g/mol. The molecule has 1 aromatic heterocycles. The third-order valence-corrected chi connectivity index (χ3v) is 6.44. The Hall–Kier alpha value is -3.42. The molecule has 4 atom stereocenters. The maximum Gasteiger partial charge on any atom is 0.273 e. The van der Waals surface area contributed by atoms with Gasteiger partial charge < -0.3 is 20.1 Å². The van der Waals surface area contributed by atoms with Crippen molar-refractivity contribution in [2.45, 2.75) is 43.7 Å². The molecular formula is C24H23F2N5O3. The fourth-order valence-electron chi connectivity index (χ4n) is 4.76. The van der Waals surface area contributed by atoms with E-state index in [0.29, 0.717) is 41.2 Å². The molecule has 8 nitrogen and oxygen atoms in total. The summed E-state index contributed by atoms with van der Waals surface area (Å²) in [5.74, 6) is 1.86. The number of hydrogen-bond donors (Lipinski definition) is 2. The number of carbonyl (C=O) groups is 1. The molecule has 1 amide bonds. The minimum absolute atomic E-state index is 0.00860. The summed E-state index contributed by atoms with van der Waals surface area (Å²) < 4.78 is 33.9. The van der Waals surface area contributed by atoms with Gasteiger partial charge in [0.1, 0.15) is 29.8 Å². The van der Waals surface area contributed by atoms with Crippen LogP contribution in [0.4, 0.5) is 14.6 Å². The van der Waals surface area contributed by atoms with Gasteiger partial charge in [0.05, 0.1) is 49.1 Å². The predicted molar refractivity (Wildman–Crippen MR) is 119 cm³/mol. The van der Waals surface area contributed by atoms with E-state index in [-0.39, 0.29) is 37.9 Å². The lowest BCUT2D eigenvalue weighted by Crippen LogP contribution is -2.43. The van der Waals surface area contributed by atoms with E-state index in [4.69, 9.17) is 11.2 Å². The Bertz CT molecular complexity index is 1200. The van der Waals surface area contributed by atoms with Crippen LogP contribution < -0.4 is 5.32 Å². The standard InChI is InChI=1S/C24H23F2N5O3/c1-2-13-3-4-14(25)7-16(13)19-8-15(26)10-31(19)24(33)22-21-18(9-27-22)28-12-29-23(21)30-17-5-6-34-11-20(17)32/h1,3-4,7,12,15,17,19-20,32H,5-6,8-11H2,(H,28,29,30)/t15-,17+,19+,20+/m0/s1. The van der Waals surface area contributed by atoms with Crippen molar-refractivity contribution in [1.82, 2.24) is 14.9 Å². The molecule has 176 valence electrons. The summed E-state index contributed by atoms with van der Waals surface area (Å²) in [5.41, 5.74) is 1.90. The van der Waals surface area contributed by atoms with Gasteiger partial charge in [-0.2, -0.15) is 0 Å². The van der Waals surface area contributed by atoms with Crippen molar-refractivity contribution in [2.24, 2.45) is 4.99 Å². The Kier molecular flexibility index (Phi) is 5.98. The summed E-state index contributed by atoms with van der Waals surface area (Å²) in [6, 6.07) is 2.91. The Labute approximate surface area is 195 Å². The van der Waals surface area contributed by atoms with E-state index in [0.717, 1.165) is 0 Å². The number of ether oxygens (including phenoxy) is 1. The molecule has 0 saturated carbocycles. The van der Waals surface area contributed by atoms with Crippen LogP contribution in [0, 0.1) is 18.2 Å². The molecule has 0 radical (unpaired) electrons. The van der Waals surface area contributed by atoms with Crippen LogP contribution in [-0.4, -0.2) is 69.7 Å². The predicted octanol–water partition coefficient (Wildman–Crippen LogP) is 1.77. The van der Waals surface area contributed by atoms with Crippen LogP contribution in [0.1, 0.15) is 41.3 Å². The zero-order valence-corrected chi connectivity index (χ0v) is 18.2. The molecule has 5 rings (SSSR count). The van der Waals surface area contributed by atoms with E-state index in [1.165, 1.54) is 29.4 Å². The number of alkyl halides is 1. The number of aliphatic hydroxyl groups excluding tert-OH is 1. The van der Waals surface area contributed by atoms with Crippen molar-refractivity contribution in [3.05, 3.63) is 52.7 Å². The van der Waals surface area contributed by atoms with Crippen LogP contribution >= 0.6 is 0 Å². The lowest BCUT2D eigenvalue weighted by Gasteiger charge is -2.30. The summed E-state index contributed by atoms with van der Waals surface area (Å²) in [6.07, 6.45) is 5.51. The zero-order valence-electron chi connectivity index (χ0n) is 18.2. The van der Waals surface area contributed by atoms with Gasteiger partial charge in [0.25, 0.3) is 5.91 Å². The molecule has 10 heteroatoms.